The molecule has 6 aliphatic rings. The minimum Gasteiger partial charge on any atom is -0.497 e. The number of Topliss-reactive ketones (excluding diaryl/α,β-unsaturated/α-hetero) is 2. The monoisotopic (exact) mass is 1190 g/mol. The number of ether oxygens (including phenoxy) is 6. The standard InChI is InChI=1S/C22H31NO3.C15H25NO3.C12H19NO3.C4H6N2O2.C4H10O.2CO2.BF3/c1-6-15-13-17-9-10-18(23(17)21(24)26-22(2,3)4)14-20(15)16-7-11-19(25-5)12-8-16;1-5-10-8-11-6-7-12(9-13(10)17)16(11)14(18)19-15(2,3)4;1-12(2,3)16-11(15)13-8-4-5-9(13)7-10(14)6-8;1-2-8-4(7)3-6-5;1-3-5-4-2;2*2-1-3;2-1(3)4/h7-8,11-12,17-18H,6,9-10,13-14H2,1-5H3;10-12H,5-9H2,1-4H3;8-9H,4-7H2,1-3H3;3H,2H2,1H3;3-4H2,1-2H3;;;. The zero-order chi connectivity index (χ0) is 64.5. The number of rotatable bonds is 8. The Bertz CT molecular complexity index is 2340. The first-order chi connectivity index (χ1) is 39.3. The molecule has 5 fully saturated rings. The van der Waals surface area contributed by atoms with Crippen molar-refractivity contribution >= 4 is 67.5 Å². The molecule has 6 aliphatic heterocycles. The molecule has 0 N–H and O–H groups in total. The Labute approximate surface area is 494 Å². The third-order valence-corrected chi connectivity index (χ3v) is 13.6. The van der Waals surface area contributed by atoms with E-state index in [1.807, 2.05) is 98.1 Å². The maximum atomic E-state index is 12.8. The lowest BCUT2D eigenvalue weighted by Gasteiger charge is -2.35. The largest absolute Gasteiger partial charge is 0.762 e. The van der Waals surface area contributed by atoms with E-state index in [4.69, 9.17) is 48.4 Å². The van der Waals surface area contributed by atoms with Crippen molar-refractivity contribution in [2.45, 2.75) is 240 Å². The van der Waals surface area contributed by atoms with Crippen LogP contribution in [0.3, 0.4) is 0 Å². The number of benzene rings is 1. The Balaban J connectivity index is 0.00000105. The van der Waals surface area contributed by atoms with Crippen LogP contribution in [0.4, 0.5) is 27.3 Å². The third kappa shape index (κ3) is 29.2. The summed E-state index contributed by atoms with van der Waals surface area (Å²) in [6.45, 7) is 28.9. The summed E-state index contributed by atoms with van der Waals surface area (Å²) in [6.07, 6.45) is 12.6. The molecular formula is C59H91BF3N5O16. The second-order valence-corrected chi connectivity index (χ2v) is 23.0. The van der Waals surface area contributed by atoms with Gasteiger partial charge in [0.1, 0.15) is 34.1 Å². The Morgan fingerprint density at radius 3 is 1.32 bits per heavy atom. The van der Waals surface area contributed by atoms with Gasteiger partial charge in [-0.25, -0.2) is 19.2 Å². The molecule has 1 aromatic carbocycles. The van der Waals surface area contributed by atoms with Crippen molar-refractivity contribution in [2.75, 3.05) is 26.9 Å². The average Bonchev–Trinajstić information content (AvgIpc) is 4.16. The lowest BCUT2D eigenvalue weighted by Crippen LogP contribution is -2.48. The van der Waals surface area contributed by atoms with E-state index in [-0.39, 0.29) is 78.5 Å². The Kier molecular flexibility index (Phi) is 35.9. The zero-order valence-electron chi connectivity index (χ0n) is 51.9. The van der Waals surface area contributed by atoms with E-state index in [9.17, 15) is 41.7 Å². The second kappa shape index (κ2) is 39.0. The summed E-state index contributed by atoms with van der Waals surface area (Å²) in [5, 5.41) is 0. The first-order valence-corrected chi connectivity index (χ1v) is 28.6. The van der Waals surface area contributed by atoms with E-state index in [1.54, 1.807) is 18.9 Å². The summed E-state index contributed by atoms with van der Waals surface area (Å²) < 4.78 is 60.0. The van der Waals surface area contributed by atoms with E-state index in [0.717, 1.165) is 89.6 Å². The predicted octanol–water partition coefficient (Wildman–Crippen LogP) is 11.3. The highest BCUT2D eigenvalue weighted by Gasteiger charge is 2.46. The molecule has 25 heteroatoms. The van der Waals surface area contributed by atoms with Crippen LogP contribution in [0.2, 0.25) is 0 Å². The molecule has 6 heterocycles. The van der Waals surface area contributed by atoms with Gasteiger partial charge in [-0.2, -0.15) is 24.0 Å². The molecule has 7 unspecified atom stereocenters. The van der Waals surface area contributed by atoms with Crippen molar-refractivity contribution in [3.8, 4) is 5.75 Å². The normalized spacial score (nSPS) is 21.5. The summed E-state index contributed by atoms with van der Waals surface area (Å²) >= 11 is 0. The Morgan fingerprint density at radius 2 is 0.988 bits per heavy atom. The number of hydrogen-bond acceptors (Lipinski definition) is 16. The maximum Gasteiger partial charge on any atom is 0.762 e. The second-order valence-electron chi connectivity index (χ2n) is 23.0. The fourth-order valence-electron chi connectivity index (χ4n) is 10.5. The average molecular weight is 1190 g/mol. The van der Waals surface area contributed by atoms with Crippen LogP contribution in [0.15, 0.2) is 29.8 Å². The zero-order valence-corrected chi connectivity index (χ0v) is 51.9. The number of fused-ring (bicyclic) bond motifs is 6. The molecule has 0 aliphatic carbocycles. The van der Waals surface area contributed by atoms with Gasteiger partial charge in [0.25, 0.3) is 0 Å². The highest BCUT2D eigenvalue weighted by atomic mass is 19.4. The van der Waals surface area contributed by atoms with Gasteiger partial charge in [0.05, 0.1) is 13.7 Å². The summed E-state index contributed by atoms with van der Waals surface area (Å²) in [5.41, 5.74) is 10.5. The van der Waals surface area contributed by atoms with Crippen molar-refractivity contribution in [1.29, 1.82) is 0 Å². The van der Waals surface area contributed by atoms with Gasteiger partial charge < -0.3 is 48.7 Å². The number of nitrogens with zero attached hydrogens (tertiary/aromatic N) is 5. The SMILES string of the molecule is CC(C)(C)OC(=O)N1C2CCC1CC(=O)C2.CCC1=C(c2ccc(OC)cc2)CC2CCC(C1)N2C(=O)OC(C)(C)C.CCC1CC2CCC(CC1=O)N2C(=O)OC(C)(C)C.CCOC(=O)C=[N+]=[N-].CCOCC.FB(F)F.O=C=O.O=C=O. The van der Waals surface area contributed by atoms with Crippen molar-refractivity contribution < 1.29 is 94.1 Å². The van der Waals surface area contributed by atoms with Crippen LogP contribution in [0.1, 0.15) is 192 Å². The van der Waals surface area contributed by atoms with E-state index >= 15 is 0 Å². The van der Waals surface area contributed by atoms with E-state index < -0.39 is 30.3 Å². The molecule has 0 spiro atoms. The van der Waals surface area contributed by atoms with Crippen LogP contribution in [-0.2, 0) is 57.2 Å². The number of methoxy groups -OCH3 is 1. The van der Waals surface area contributed by atoms with Crippen LogP contribution in [0, 0.1) is 5.92 Å². The molecule has 7 rings (SSSR count). The Hall–Kier alpha value is -6.67. The number of carbonyl (C=O) groups excluding carboxylic acids is 10. The van der Waals surface area contributed by atoms with Crippen molar-refractivity contribution in [2.24, 2.45) is 5.92 Å². The number of ketones is 2. The number of esters is 1. The summed E-state index contributed by atoms with van der Waals surface area (Å²) in [4.78, 5) is 111. The lowest BCUT2D eigenvalue weighted by molar-refractivity contribution is -0.193. The molecule has 21 nitrogen and oxygen atoms in total. The van der Waals surface area contributed by atoms with Crippen LogP contribution in [0.25, 0.3) is 11.1 Å². The van der Waals surface area contributed by atoms with Crippen LogP contribution >= 0.6 is 0 Å². The first kappa shape index (κ1) is 77.3. The summed E-state index contributed by atoms with van der Waals surface area (Å²) in [5.74, 6) is 0.976. The Morgan fingerprint density at radius 1 is 0.619 bits per heavy atom. The fraction of sp³-hybridized carbons (Fsp3) is 0.712. The van der Waals surface area contributed by atoms with Gasteiger partial charge >= 0.3 is 50.3 Å². The van der Waals surface area contributed by atoms with Gasteiger partial charge in [-0.05, 0) is 177 Å². The van der Waals surface area contributed by atoms with Crippen LogP contribution < -0.4 is 4.74 Å². The van der Waals surface area contributed by atoms with Crippen LogP contribution in [0.5, 0.6) is 5.75 Å². The topological polar surface area (TPSA) is 272 Å². The molecule has 6 bridgehead atoms. The highest BCUT2D eigenvalue weighted by Crippen LogP contribution is 2.43. The van der Waals surface area contributed by atoms with E-state index in [1.165, 1.54) is 16.7 Å². The number of piperidine rings is 1. The number of carbonyl (C=O) groups is 6. The van der Waals surface area contributed by atoms with Crippen LogP contribution in [-0.4, -0.2) is 161 Å². The molecule has 0 aromatic heterocycles. The molecule has 0 radical (unpaired) electrons. The van der Waals surface area contributed by atoms with Gasteiger partial charge in [-0.15, -0.1) is 0 Å². The molecule has 7 atom stereocenters. The van der Waals surface area contributed by atoms with Gasteiger partial charge in [0, 0.05) is 74.6 Å². The molecule has 3 amide bonds. The van der Waals surface area contributed by atoms with Gasteiger partial charge in [-0.3, -0.25) is 22.5 Å². The summed E-state index contributed by atoms with van der Waals surface area (Å²) in [7, 11) is -1.98. The highest BCUT2D eigenvalue weighted by molar-refractivity contribution is 6.33. The molecular weight excluding hydrogens is 1100 g/mol. The smallest absolute Gasteiger partial charge is 0.497 e. The maximum absolute atomic E-state index is 12.8. The van der Waals surface area contributed by atoms with Crippen molar-refractivity contribution in [1.82, 2.24) is 14.7 Å². The van der Waals surface area contributed by atoms with E-state index in [0.29, 0.717) is 37.9 Å². The first-order valence-electron chi connectivity index (χ1n) is 28.6. The van der Waals surface area contributed by atoms with Gasteiger partial charge in [-0.1, -0.05) is 31.6 Å². The minimum atomic E-state index is -3.67. The molecule has 1 aromatic rings. The minimum absolute atomic E-state index is 0.0592. The quantitative estimate of drug-likeness (QED) is 0.0584. The molecule has 5 saturated heterocycles. The van der Waals surface area contributed by atoms with Gasteiger partial charge in [0.2, 0.25) is 0 Å². The van der Waals surface area contributed by atoms with Gasteiger partial charge in [0.15, 0.2) is 0 Å². The predicted molar refractivity (Wildman–Crippen MR) is 304 cm³/mol. The number of amides is 3. The molecule has 84 heavy (non-hydrogen) atoms. The molecule has 472 valence electrons. The number of hydrogen-bond donors (Lipinski definition) is 0. The number of halogens is 3. The lowest BCUT2D eigenvalue weighted by atomic mass is 9.88. The fourth-order valence-corrected chi connectivity index (χ4v) is 10.5. The molecule has 0 saturated carbocycles. The summed E-state index contributed by atoms with van der Waals surface area (Å²) in [6, 6.07) is 9.23. The van der Waals surface area contributed by atoms with Crippen molar-refractivity contribution in [3.05, 3.63) is 40.9 Å². The van der Waals surface area contributed by atoms with E-state index in [2.05, 4.69) is 35.5 Å². The third-order valence-electron chi connectivity index (χ3n) is 13.6. The van der Waals surface area contributed by atoms with Crippen molar-refractivity contribution in [3.63, 3.8) is 0 Å².